The second kappa shape index (κ2) is 5.89. The summed E-state index contributed by atoms with van der Waals surface area (Å²) < 4.78 is 0. The van der Waals surface area contributed by atoms with Gasteiger partial charge in [-0.3, -0.25) is 4.90 Å². The molecule has 1 aromatic carbocycles. The SMILES string of the molecule is CC1CNCCN1C(CO)c1ccc(O)c(Cl)c1. The lowest BCUT2D eigenvalue weighted by atomic mass is 10.0. The van der Waals surface area contributed by atoms with E-state index < -0.39 is 0 Å². The van der Waals surface area contributed by atoms with Gasteiger partial charge in [0, 0.05) is 25.7 Å². The van der Waals surface area contributed by atoms with Gasteiger partial charge in [0.05, 0.1) is 17.7 Å². The summed E-state index contributed by atoms with van der Waals surface area (Å²) in [7, 11) is 0. The number of nitrogens with one attached hydrogen (secondary N) is 1. The third-order valence-electron chi connectivity index (χ3n) is 3.48. The molecule has 2 rings (SSSR count). The van der Waals surface area contributed by atoms with Crippen molar-refractivity contribution in [2.75, 3.05) is 26.2 Å². The van der Waals surface area contributed by atoms with Gasteiger partial charge < -0.3 is 15.5 Å². The van der Waals surface area contributed by atoms with Crippen LogP contribution in [-0.4, -0.2) is 47.4 Å². The van der Waals surface area contributed by atoms with Crippen molar-refractivity contribution in [3.05, 3.63) is 28.8 Å². The summed E-state index contributed by atoms with van der Waals surface area (Å²) in [6.45, 7) is 4.92. The summed E-state index contributed by atoms with van der Waals surface area (Å²) in [5.74, 6) is 0.0745. The van der Waals surface area contributed by atoms with E-state index >= 15 is 0 Å². The van der Waals surface area contributed by atoms with E-state index in [0.29, 0.717) is 11.1 Å². The van der Waals surface area contributed by atoms with Gasteiger partial charge in [-0.1, -0.05) is 17.7 Å². The van der Waals surface area contributed by atoms with E-state index in [1.165, 1.54) is 0 Å². The summed E-state index contributed by atoms with van der Waals surface area (Å²) >= 11 is 5.93. The number of nitrogens with zero attached hydrogens (tertiary/aromatic N) is 1. The van der Waals surface area contributed by atoms with Crippen LogP contribution >= 0.6 is 11.6 Å². The number of benzene rings is 1. The maximum absolute atomic E-state index is 9.64. The lowest BCUT2D eigenvalue weighted by Crippen LogP contribution is -2.51. The number of hydrogen-bond donors (Lipinski definition) is 3. The molecule has 1 fully saturated rings. The molecular weight excluding hydrogens is 252 g/mol. The van der Waals surface area contributed by atoms with Crippen molar-refractivity contribution < 1.29 is 10.2 Å². The molecule has 4 nitrogen and oxygen atoms in total. The lowest BCUT2D eigenvalue weighted by molar-refractivity contribution is 0.0723. The second-order valence-corrected chi connectivity index (χ2v) is 5.11. The highest BCUT2D eigenvalue weighted by atomic mass is 35.5. The van der Waals surface area contributed by atoms with Gasteiger partial charge in [-0.2, -0.15) is 0 Å². The molecule has 0 bridgehead atoms. The van der Waals surface area contributed by atoms with Crippen molar-refractivity contribution in [2.24, 2.45) is 0 Å². The first-order valence-corrected chi connectivity index (χ1v) is 6.57. The predicted molar refractivity (Wildman–Crippen MR) is 72.0 cm³/mol. The average molecular weight is 271 g/mol. The summed E-state index contributed by atoms with van der Waals surface area (Å²) in [4.78, 5) is 2.26. The number of aliphatic hydroxyl groups is 1. The molecule has 1 heterocycles. The van der Waals surface area contributed by atoms with Crippen molar-refractivity contribution >= 4 is 11.6 Å². The highest BCUT2D eigenvalue weighted by Crippen LogP contribution is 2.30. The van der Waals surface area contributed by atoms with Crippen molar-refractivity contribution in [1.29, 1.82) is 0 Å². The average Bonchev–Trinajstić information content (AvgIpc) is 2.37. The molecule has 1 aliphatic rings. The third kappa shape index (κ3) is 2.78. The molecule has 1 aromatic rings. The normalized spacial score (nSPS) is 22.9. The van der Waals surface area contributed by atoms with E-state index in [1.807, 2.05) is 6.07 Å². The Morgan fingerprint density at radius 3 is 2.94 bits per heavy atom. The topological polar surface area (TPSA) is 55.7 Å². The van der Waals surface area contributed by atoms with Gasteiger partial charge in [0.2, 0.25) is 0 Å². The van der Waals surface area contributed by atoms with Crippen molar-refractivity contribution in [3.8, 4) is 5.75 Å². The van der Waals surface area contributed by atoms with Crippen molar-refractivity contribution in [3.63, 3.8) is 0 Å². The molecule has 18 heavy (non-hydrogen) atoms. The zero-order valence-electron chi connectivity index (χ0n) is 10.4. The molecule has 5 heteroatoms. The Hall–Kier alpha value is -0.810. The number of rotatable bonds is 3. The molecule has 100 valence electrons. The molecular formula is C13H19ClN2O2. The largest absolute Gasteiger partial charge is 0.506 e. The van der Waals surface area contributed by atoms with Crippen LogP contribution in [0.1, 0.15) is 18.5 Å². The van der Waals surface area contributed by atoms with Gasteiger partial charge in [-0.25, -0.2) is 0 Å². The molecule has 0 aromatic heterocycles. The van der Waals surface area contributed by atoms with E-state index in [9.17, 15) is 10.2 Å². The summed E-state index contributed by atoms with van der Waals surface area (Å²) in [5, 5.41) is 22.7. The smallest absolute Gasteiger partial charge is 0.134 e. The van der Waals surface area contributed by atoms with Crippen LogP contribution in [0.5, 0.6) is 5.75 Å². The number of piperazine rings is 1. The third-order valence-corrected chi connectivity index (χ3v) is 3.79. The molecule has 3 N–H and O–H groups in total. The molecule has 0 saturated carbocycles. The molecule has 0 spiro atoms. The van der Waals surface area contributed by atoms with E-state index in [0.717, 1.165) is 25.2 Å². The summed E-state index contributed by atoms with van der Waals surface area (Å²) in [5.41, 5.74) is 0.939. The number of hydrogen-bond acceptors (Lipinski definition) is 4. The number of phenolic OH excluding ortho intramolecular Hbond substituents is 1. The fraction of sp³-hybridized carbons (Fsp3) is 0.538. The molecule has 1 saturated heterocycles. The number of halogens is 1. The van der Waals surface area contributed by atoms with Crippen LogP contribution in [0, 0.1) is 0 Å². The number of aliphatic hydroxyl groups excluding tert-OH is 1. The Bertz CT molecular complexity index is 414. The van der Waals surface area contributed by atoms with Crippen molar-refractivity contribution in [2.45, 2.75) is 19.0 Å². The lowest BCUT2D eigenvalue weighted by Gasteiger charge is -2.39. The Morgan fingerprint density at radius 1 is 1.56 bits per heavy atom. The van der Waals surface area contributed by atoms with Gasteiger partial charge in [0.1, 0.15) is 5.75 Å². The number of phenols is 1. The fourth-order valence-corrected chi connectivity index (χ4v) is 2.64. The van der Waals surface area contributed by atoms with E-state index in [1.54, 1.807) is 12.1 Å². The summed E-state index contributed by atoms with van der Waals surface area (Å²) in [6, 6.07) is 5.42. The maximum Gasteiger partial charge on any atom is 0.134 e. The van der Waals surface area contributed by atoms with Crippen LogP contribution in [0.2, 0.25) is 5.02 Å². The second-order valence-electron chi connectivity index (χ2n) is 4.70. The highest BCUT2D eigenvalue weighted by molar-refractivity contribution is 6.32. The Morgan fingerprint density at radius 2 is 2.33 bits per heavy atom. The monoisotopic (exact) mass is 270 g/mol. The van der Waals surface area contributed by atoms with Gasteiger partial charge in [0.25, 0.3) is 0 Å². The first kappa shape index (κ1) is 13.6. The molecule has 2 atom stereocenters. The quantitative estimate of drug-likeness (QED) is 0.777. The molecule has 0 radical (unpaired) electrons. The van der Waals surface area contributed by atoms with Crippen molar-refractivity contribution in [1.82, 2.24) is 10.2 Å². The summed E-state index contributed by atoms with van der Waals surface area (Å²) in [6.07, 6.45) is 0. The molecule has 1 aliphatic heterocycles. The number of aromatic hydroxyl groups is 1. The van der Waals surface area contributed by atoms with Gasteiger partial charge >= 0.3 is 0 Å². The first-order chi connectivity index (χ1) is 8.63. The van der Waals surface area contributed by atoms with Crippen LogP contribution in [-0.2, 0) is 0 Å². The minimum absolute atomic E-state index is 0.0471. The zero-order valence-corrected chi connectivity index (χ0v) is 11.2. The Kier molecular flexibility index (Phi) is 4.45. The fourth-order valence-electron chi connectivity index (χ4n) is 2.45. The Balaban J connectivity index is 2.23. The van der Waals surface area contributed by atoms with E-state index in [4.69, 9.17) is 11.6 Å². The molecule has 2 unspecified atom stereocenters. The van der Waals surface area contributed by atoms with Crippen LogP contribution in [0.15, 0.2) is 18.2 Å². The van der Waals surface area contributed by atoms with Crippen LogP contribution in [0.3, 0.4) is 0 Å². The van der Waals surface area contributed by atoms with Gasteiger partial charge in [-0.05, 0) is 24.6 Å². The predicted octanol–water partition coefficient (Wildman–Crippen LogP) is 1.37. The van der Waals surface area contributed by atoms with E-state index in [2.05, 4.69) is 17.1 Å². The minimum Gasteiger partial charge on any atom is -0.506 e. The standard InChI is InChI=1S/C13H19ClN2O2/c1-9-7-15-4-5-16(9)12(8-17)10-2-3-13(18)11(14)6-10/h2-3,6,9,12,15,17-18H,4-5,7-8H2,1H3. The minimum atomic E-state index is -0.0693. The van der Waals surface area contributed by atoms with Gasteiger partial charge in [0.15, 0.2) is 0 Å². The van der Waals surface area contributed by atoms with Crippen LogP contribution in [0.4, 0.5) is 0 Å². The Labute approximate surface area is 112 Å². The van der Waals surface area contributed by atoms with E-state index in [-0.39, 0.29) is 18.4 Å². The molecule has 0 aliphatic carbocycles. The zero-order chi connectivity index (χ0) is 13.1. The first-order valence-electron chi connectivity index (χ1n) is 6.19. The molecule has 0 amide bonds. The maximum atomic E-state index is 9.64. The van der Waals surface area contributed by atoms with Crippen LogP contribution < -0.4 is 5.32 Å². The van der Waals surface area contributed by atoms with Gasteiger partial charge in [-0.15, -0.1) is 0 Å². The highest BCUT2D eigenvalue weighted by Gasteiger charge is 2.26. The van der Waals surface area contributed by atoms with Crippen LogP contribution in [0.25, 0.3) is 0 Å².